The van der Waals surface area contributed by atoms with Crippen LogP contribution in [0.3, 0.4) is 0 Å². The highest BCUT2D eigenvalue weighted by Gasteiger charge is 2.14. The topological polar surface area (TPSA) is 9.23 Å². The molecule has 0 atom stereocenters. The average Bonchev–Trinajstić information content (AvgIpc) is 2.14. The lowest BCUT2D eigenvalue weighted by atomic mass is 9.85. The van der Waals surface area contributed by atoms with E-state index < -0.39 is 9.04 Å². The Morgan fingerprint density at radius 3 is 2.31 bits per heavy atom. The predicted molar refractivity (Wildman–Crippen MR) is 72.2 cm³/mol. The minimum absolute atomic E-state index is 0.217. The van der Waals surface area contributed by atoms with Crippen LogP contribution in [0.1, 0.15) is 37.5 Å². The first-order valence-corrected chi connectivity index (χ1v) is 8.24. The number of hydrogen-bond acceptors (Lipinski definition) is 1. The quantitative estimate of drug-likeness (QED) is 0.718. The highest BCUT2D eigenvalue weighted by molar-refractivity contribution is 6.48. The van der Waals surface area contributed by atoms with Gasteiger partial charge in [-0.3, -0.25) is 0 Å². The van der Waals surface area contributed by atoms with Crippen LogP contribution in [0.15, 0.2) is 18.2 Å². The van der Waals surface area contributed by atoms with Crippen LogP contribution in [0.4, 0.5) is 0 Å². The van der Waals surface area contributed by atoms with E-state index in [9.17, 15) is 0 Å². The van der Waals surface area contributed by atoms with Gasteiger partial charge < -0.3 is 4.43 Å². The van der Waals surface area contributed by atoms with Crippen LogP contribution in [-0.4, -0.2) is 9.04 Å². The molecule has 1 aromatic carbocycles. The third-order valence-electron chi connectivity index (χ3n) is 2.73. The molecular formula is C14H23OSi. The van der Waals surface area contributed by atoms with Crippen LogP contribution in [0.25, 0.3) is 0 Å². The third kappa shape index (κ3) is 3.76. The first-order valence-electron chi connectivity index (χ1n) is 5.83. The van der Waals surface area contributed by atoms with Gasteiger partial charge in [0.15, 0.2) is 0 Å². The van der Waals surface area contributed by atoms with Gasteiger partial charge in [-0.1, -0.05) is 39.0 Å². The summed E-state index contributed by atoms with van der Waals surface area (Å²) in [6, 6.07) is 6.72. The van der Waals surface area contributed by atoms with Gasteiger partial charge in [0.05, 0.1) is 6.61 Å². The second-order valence-electron chi connectivity index (χ2n) is 5.59. The molecule has 0 aromatic heterocycles. The van der Waals surface area contributed by atoms with Crippen molar-refractivity contribution in [1.82, 2.24) is 0 Å². The van der Waals surface area contributed by atoms with E-state index >= 15 is 0 Å². The van der Waals surface area contributed by atoms with Crippen LogP contribution in [0, 0.1) is 6.92 Å². The molecule has 0 heterocycles. The summed E-state index contributed by atoms with van der Waals surface area (Å²) in [7, 11) is -0.596. The zero-order valence-corrected chi connectivity index (χ0v) is 12.3. The molecule has 89 valence electrons. The number of aryl methyl sites for hydroxylation is 1. The van der Waals surface area contributed by atoms with Gasteiger partial charge in [0, 0.05) is 0 Å². The summed E-state index contributed by atoms with van der Waals surface area (Å²) in [5.74, 6) is 0. The fourth-order valence-corrected chi connectivity index (χ4v) is 1.96. The molecule has 16 heavy (non-hydrogen) atoms. The Kier molecular flexibility index (Phi) is 4.33. The third-order valence-corrected chi connectivity index (χ3v) is 3.45. The van der Waals surface area contributed by atoms with E-state index in [0.29, 0.717) is 0 Å². The minimum Gasteiger partial charge on any atom is -0.413 e. The van der Waals surface area contributed by atoms with Gasteiger partial charge in [-0.2, -0.15) is 0 Å². The maximum atomic E-state index is 5.78. The van der Waals surface area contributed by atoms with E-state index in [0.717, 1.165) is 6.61 Å². The zero-order valence-electron chi connectivity index (χ0n) is 11.3. The number of benzene rings is 1. The fourth-order valence-electron chi connectivity index (χ4n) is 1.52. The molecule has 1 nitrogen and oxygen atoms in total. The van der Waals surface area contributed by atoms with E-state index in [1.807, 2.05) is 0 Å². The molecule has 0 spiro atoms. The van der Waals surface area contributed by atoms with Crippen LogP contribution < -0.4 is 0 Å². The molecule has 0 fully saturated rings. The van der Waals surface area contributed by atoms with Crippen LogP contribution >= 0.6 is 0 Å². The van der Waals surface area contributed by atoms with Crippen molar-refractivity contribution in [3.05, 3.63) is 34.9 Å². The van der Waals surface area contributed by atoms with Gasteiger partial charge in [0.25, 0.3) is 0 Å². The zero-order chi connectivity index (χ0) is 12.3. The molecule has 0 amide bonds. The Hall–Kier alpha value is -0.603. The van der Waals surface area contributed by atoms with Crippen molar-refractivity contribution in [2.45, 2.75) is 52.8 Å². The van der Waals surface area contributed by atoms with Crippen LogP contribution in [0.5, 0.6) is 0 Å². The lowest BCUT2D eigenvalue weighted by molar-refractivity contribution is 0.313. The standard InChI is InChI=1S/C14H23OSi/c1-11-7-8-13(14(2,3)4)9-12(11)10-15-16(5)6/h7-9H,10H2,1-6H3. The van der Waals surface area contributed by atoms with Crippen LogP contribution in [-0.2, 0) is 16.4 Å². The Bertz CT molecular complexity index is 350. The maximum absolute atomic E-state index is 5.78. The minimum atomic E-state index is -0.596. The van der Waals surface area contributed by atoms with Crippen molar-refractivity contribution >= 4 is 9.04 Å². The monoisotopic (exact) mass is 235 g/mol. The summed E-state index contributed by atoms with van der Waals surface area (Å²) in [5, 5.41) is 0. The second-order valence-corrected chi connectivity index (χ2v) is 7.69. The number of hydrogen-bond donors (Lipinski definition) is 0. The molecule has 0 aliphatic carbocycles. The molecule has 0 bridgehead atoms. The van der Waals surface area contributed by atoms with Gasteiger partial charge in [-0.15, -0.1) is 0 Å². The molecule has 0 aliphatic heterocycles. The Labute approximate surface area is 102 Å². The summed E-state index contributed by atoms with van der Waals surface area (Å²) in [6.45, 7) is 14.0. The average molecular weight is 235 g/mol. The summed E-state index contributed by atoms with van der Waals surface area (Å²) in [6.07, 6.45) is 0. The van der Waals surface area contributed by atoms with Crippen molar-refractivity contribution < 1.29 is 4.43 Å². The van der Waals surface area contributed by atoms with E-state index in [1.54, 1.807) is 0 Å². The summed E-state index contributed by atoms with van der Waals surface area (Å²) >= 11 is 0. The van der Waals surface area contributed by atoms with E-state index in [4.69, 9.17) is 4.43 Å². The molecule has 0 saturated heterocycles. The van der Waals surface area contributed by atoms with E-state index in [1.165, 1.54) is 16.7 Å². The molecule has 2 heteroatoms. The summed E-state index contributed by atoms with van der Waals surface area (Å²) in [5.41, 5.74) is 4.27. The summed E-state index contributed by atoms with van der Waals surface area (Å²) in [4.78, 5) is 0. The molecule has 1 rings (SSSR count). The van der Waals surface area contributed by atoms with Crippen molar-refractivity contribution in [1.29, 1.82) is 0 Å². The normalized spacial score (nSPS) is 12.2. The van der Waals surface area contributed by atoms with Gasteiger partial charge in [0.2, 0.25) is 9.04 Å². The van der Waals surface area contributed by atoms with Crippen LogP contribution in [0.2, 0.25) is 13.1 Å². The fraction of sp³-hybridized carbons (Fsp3) is 0.571. The Morgan fingerprint density at radius 1 is 1.19 bits per heavy atom. The Balaban J connectivity index is 2.91. The number of rotatable bonds is 3. The first kappa shape index (κ1) is 13.5. The lowest BCUT2D eigenvalue weighted by Gasteiger charge is -2.21. The summed E-state index contributed by atoms with van der Waals surface area (Å²) < 4.78 is 5.78. The maximum Gasteiger partial charge on any atom is 0.205 e. The molecule has 0 saturated carbocycles. The Morgan fingerprint density at radius 2 is 1.81 bits per heavy atom. The second kappa shape index (κ2) is 5.15. The van der Waals surface area contributed by atoms with E-state index in [2.05, 4.69) is 59.0 Å². The smallest absolute Gasteiger partial charge is 0.205 e. The SMILES string of the molecule is Cc1ccc(C(C)(C)C)cc1CO[Si](C)C. The van der Waals surface area contributed by atoms with Crippen molar-refractivity contribution in [3.8, 4) is 0 Å². The molecular weight excluding hydrogens is 212 g/mol. The van der Waals surface area contributed by atoms with Crippen molar-refractivity contribution in [2.75, 3.05) is 0 Å². The lowest BCUT2D eigenvalue weighted by Crippen LogP contribution is -2.13. The van der Waals surface area contributed by atoms with E-state index in [-0.39, 0.29) is 5.41 Å². The van der Waals surface area contributed by atoms with Crippen molar-refractivity contribution in [2.24, 2.45) is 0 Å². The molecule has 0 unspecified atom stereocenters. The highest BCUT2D eigenvalue weighted by atomic mass is 28.3. The first-order chi connectivity index (χ1) is 7.30. The molecule has 1 aromatic rings. The van der Waals surface area contributed by atoms with Gasteiger partial charge >= 0.3 is 0 Å². The largest absolute Gasteiger partial charge is 0.413 e. The van der Waals surface area contributed by atoms with Crippen molar-refractivity contribution in [3.63, 3.8) is 0 Å². The highest BCUT2D eigenvalue weighted by Crippen LogP contribution is 2.24. The molecule has 0 aliphatic rings. The molecule has 1 radical (unpaired) electrons. The van der Waals surface area contributed by atoms with Gasteiger partial charge in [-0.25, -0.2) is 0 Å². The van der Waals surface area contributed by atoms with Gasteiger partial charge in [-0.05, 0) is 42.1 Å². The van der Waals surface area contributed by atoms with Gasteiger partial charge in [0.1, 0.15) is 0 Å². The predicted octanol–water partition coefficient (Wildman–Crippen LogP) is 4.06. The molecule has 0 N–H and O–H groups in total.